The fraction of sp³-hybridized carbons (Fsp3) is 0.0476. The largest absolute Gasteiger partial charge is 0.467 e. The normalized spacial score (nSPS) is 13.4. The maximum absolute atomic E-state index is 6.08. The second-order valence-corrected chi connectivity index (χ2v) is 5.80. The molecule has 0 saturated heterocycles. The third-order valence-corrected chi connectivity index (χ3v) is 4.48. The van der Waals surface area contributed by atoms with Crippen molar-refractivity contribution in [3.63, 3.8) is 0 Å². The molecule has 1 aliphatic heterocycles. The highest BCUT2D eigenvalue weighted by Crippen LogP contribution is 2.48. The lowest BCUT2D eigenvalue weighted by molar-refractivity contribution is 0.434. The SMILES string of the molecule is c1ccc2c(c1)Oc1ccccc1C2c1occ2ccccc12. The lowest BCUT2D eigenvalue weighted by Crippen LogP contribution is -2.11. The molecule has 0 atom stereocenters. The summed E-state index contributed by atoms with van der Waals surface area (Å²) in [5.41, 5.74) is 2.29. The first-order valence-electron chi connectivity index (χ1n) is 7.73. The van der Waals surface area contributed by atoms with Gasteiger partial charge in [-0.15, -0.1) is 0 Å². The molecule has 110 valence electrons. The summed E-state index contributed by atoms with van der Waals surface area (Å²) in [6.07, 6.45) is 1.84. The van der Waals surface area contributed by atoms with Crippen molar-refractivity contribution in [1.29, 1.82) is 0 Å². The summed E-state index contributed by atoms with van der Waals surface area (Å²) < 4.78 is 12.1. The van der Waals surface area contributed by atoms with E-state index in [1.807, 2.05) is 48.7 Å². The van der Waals surface area contributed by atoms with Crippen molar-refractivity contribution in [2.24, 2.45) is 0 Å². The van der Waals surface area contributed by atoms with Crippen molar-refractivity contribution in [3.8, 4) is 11.5 Å². The Bertz CT molecular complexity index is 967. The average Bonchev–Trinajstić information content (AvgIpc) is 3.03. The molecule has 23 heavy (non-hydrogen) atoms. The van der Waals surface area contributed by atoms with E-state index in [0.29, 0.717) is 0 Å². The Hall–Kier alpha value is -3.00. The van der Waals surface area contributed by atoms with Gasteiger partial charge in [-0.2, -0.15) is 0 Å². The van der Waals surface area contributed by atoms with Crippen LogP contribution in [0.4, 0.5) is 0 Å². The topological polar surface area (TPSA) is 22.4 Å². The van der Waals surface area contributed by atoms with Gasteiger partial charge in [0, 0.05) is 21.9 Å². The van der Waals surface area contributed by atoms with Gasteiger partial charge >= 0.3 is 0 Å². The minimum atomic E-state index is 0.0519. The van der Waals surface area contributed by atoms with Crippen LogP contribution in [0.2, 0.25) is 0 Å². The Balaban J connectivity index is 1.82. The van der Waals surface area contributed by atoms with Crippen LogP contribution in [0.5, 0.6) is 11.5 Å². The van der Waals surface area contributed by atoms with Crippen LogP contribution in [0.25, 0.3) is 10.8 Å². The van der Waals surface area contributed by atoms with E-state index in [-0.39, 0.29) is 5.92 Å². The fourth-order valence-corrected chi connectivity index (χ4v) is 3.43. The van der Waals surface area contributed by atoms with Crippen LogP contribution in [-0.4, -0.2) is 0 Å². The van der Waals surface area contributed by atoms with Gasteiger partial charge in [-0.1, -0.05) is 60.7 Å². The molecule has 1 aliphatic rings. The Morgan fingerprint density at radius 2 is 1.26 bits per heavy atom. The van der Waals surface area contributed by atoms with Crippen LogP contribution in [0.3, 0.4) is 0 Å². The molecule has 2 nitrogen and oxygen atoms in total. The first-order chi connectivity index (χ1) is 11.4. The molecule has 0 unspecified atom stereocenters. The summed E-state index contributed by atoms with van der Waals surface area (Å²) in [4.78, 5) is 0. The van der Waals surface area contributed by atoms with Gasteiger partial charge < -0.3 is 9.15 Å². The smallest absolute Gasteiger partial charge is 0.131 e. The average molecular weight is 298 g/mol. The summed E-state index contributed by atoms with van der Waals surface area (Å²) in [6, 6.07) is 24.7. The molecular weight excluding hydrogens is 284 g/mol. The Kier molecular flexibility index (Phi) is 2.59. The molecule has 0 N–H and O–H groups in total. The quantitative estimate of drug-likeness (QED) is 0.395. The van der Waals surface area contributed by atoms with E-state index in [1.165, 1.54) is 0 Å². The minimum absolute atomic E-state index is 0.0519. The van der Waals surface area contributed by atoms with E-state index < -0.39 is 0 Å². The first kappa shape index (κ1) is 12.5. The van der Waals surface area contributed by atoms with Crippen molar-refractivity contribution >= 4 is 10.8 Å². The van der Waals surface area contributed by atoms with E-state index in [9.17, 15) is 0 Å². The molecule has 0 bridgehead atoms. The molecule has 0 fully saturated rings. The van der Waals surface area contributed by atoms with Gasteiger partial charge in [0.2, 0.25) is 0 Å². The summed E-state index contributed by atoms with van der Waals surface area (Å²) in [5, 5.41) is 2.29. The summed E-state index contributed by atoms with van der Waals surface area (Å²) >= 11 is 0. The van der Waals surface area contributed by atoms with Crippen molar-refractivity contribution in [3.05, 3.63) is 95.9 Å². The van der Waals surface area contributed by atoms with Gasteiger partial charge in [-0.05, 0) is 12.1 Å². The molecule has 2 heteroatoms. The van der Waals surface area contributed by atoms with Crippen molar-refractivity contribution in [2.45, 2.75) is 5.92 Å². The van der Waals surface area contributed by atoms with Crippen LogP contribution in [0.15, 0.2) is 83.5 Å². The zero-order valence-corrected chi connectivity index (χ0v) is 12.4. The summed E-state index contributed by atoms with van der Waals surface area (Å²) in [6.45, 7) is 0. The van der Waals surface area contributed by atoms with Crippen LogP contribution in [-0.2, 0) is 0 Å². The van der Waals surface area contributed by atoms with E-state index >= 15 is 0 Å². The van der Waals surface area contributed by atoms with Crippen molar-refractivity contribution in [2.75, 3.05) is 0 Å². The lowest BCUT2D eigenvalue weighted by atomic mass is 9.85. The number of benzene rings is 3. The Morgan fingerprint density at radius 3 is 2.00 bits per heavy atom. The molecule has 3 aromatic carbocycles. The van der Waals surface area contributed by atoms with E-state index in [2.05, 4.69) is 30.3 Å². The molecule has 5 rings (SSSR count). The predicted molar refractivity (Wildman–Crippen MR) is 90.1 cm³/mol. The van der Waals surface area contributed by atoms with Crippen LogP contribution in [0, 0.1) is 0 Å². The maximum atomic E-state index is 6.08. The number of furan rings is 1. The van der Waals surface area contributed by atoms with Gasteiger partial charge in [0.15, 0.2) is 0 Å². The third kappa shape index (κ3) is 1.82. The molecular formula is C21H14O2. The van der Waals surface area contributed by atoms with Gasteiger partial charge in [0.1, 0.15) is 17.3 Å². The fourth-order valence-electron chi connectivity index (χ4n) is 3.43. The van der Waals surface area contributed by atoms with Crippen LogP contribution >= 0.6 is 0 Å². The van der Waals surface area contributed by atoms with Gasteiger partial charge in [-0.3, -0.25) is 0 Å². The highest BCUT2D eigenvalue weighted by atomic mass is 16.5. The first-order valence-corrected chi connectivity index (χ1v) is 7.73. The van der Waals surface area contributed by atoms with Crippen molar-refractivity contribution in [1.82, 2.24) is 0 Å². The van der Waals surface area contributed by atoms with Crippen LogP contribution < -0.4 is 4.74 Å². The van der Waals surface area contributed by atoms with Gasteiger partial charge in [0.25, 0.3) is 0 Å². The maximum Gasteiger partial charge on any atom is 0.131 e. The zero-order valence-electron chi connectivity index (χ0n) is 12.4. The molecule has 0 amide bonds. The molecule has 0 spiro atoms. The van der Waals surface area contributed by atoms with Gasteiger partial charge in [-0.25, -0.2) is 0 Å². The molecule has 0 aliphatic carbocycles. The Morgan fingerprint density at radius 1 is 0.652 bits per heavy atom. The molecule has 0 saturated carbocycles. The highest BCUT2D eigenvalue weighted by molar-refractivity contribution is 5.85. The van der Waals surface area contributed by atoms with Crippen molar-refractivity contribution < 1.29 is 9.15 Å². The number of rotatable bonds is 1. The zero-order chi connectivity index (χ0) is 15.2. The van der Waals surface area contributed by atoms with E-state index in [1.54, 1.807) is 0 Å². The monoisotopic (exact) mass is 298 g/mol. The standard InChI is InChI=1S/C21H14O2/c1-2-8-15-14(7-1)13-22-21(15)20-16-9-3-5-11-18(16)23-19-12-6-4-10-17(19)20/h1-13,20H. The molecule has 1 aromatic heterocycles. The second-order valence-electron chi connectivity index (χ2n) is 5.80. The molecule has 0 radical (unpaired) electrons. The predicted octanol–water partition coefficient (Wildman–Crippen LogP) is 5.72. The summed E-state index contributed by atoms with van der Waals surface area (Å²) in [7, 11) is 0. The molecule has 4 aromatic rings. The minimum Gasteiger partial charge on any atom is -0.467 e. The van der Waals surface area contributed by atoms with Gasteiger partial charge in [0.05, 0.1) is 12.2 Å². The number of hydrogen-bond acceptors (Lipinski definition) is 2. The number of para-hydroxylation sites is 2. The van der Waals surface area contributed by atoms with E-state index in [4.69, 9.17) is 9.15 Å². The second kappa shape index (κ2) is 4.75. The van der Waals surface area contributed by atoms with E-state index in [0.717, 1.165) is 39.2 Å². The lowest BCUT2D eigenvalue weighted by Gasteiger charge is -2.27. The third-order valence-electron chi connectivity index (χ3n) is 4.48. The number of hydrogen-bond donors (Lipinski definition) is 0. The summed E-state index contributed by atoms with van der Waals surface area (Å²) in [5.74, 6) is 2.83. The molecule has 2 heterocycles. The number of ether oxygens (including phenoxy) is 1. The highest BCUT2D eigenvalue weighted by Gasteiger charge is 2.31. The van der Waals surface area contributed by atoms with Crippen LogP contribution in [0.1, 0.15) is 22.8 Å². The Labute approximate surface area is 133 Å². The number of fused-ring (bicyclic) bond motifs is 3.